The second kappa shape index (κ2) is 7.00. The van der Waals surface area contributed by atoms with E-state index in [0.717, 1.165) is 25.0 Å². The van der Waals surface area contributed by atoms with Gasteiger partial charge in [-0.05, 0) is 43.0 Å². The van der Waals surface area contributed by atoms with Gasteiger partial charge in [0.25, 0.3) is 5.91 Å². The zero-order valence-corrected chi connectivity index (χ0v) is 15.4. The summed E-state index contributed by atoms with van der Waals surface area (Å²) in [6, 6.07) is 7.82. The summed E-state index contributed by atoms with van der Waals surface area (Å²) in [6.45, 7) is 0. The highest BCUT2D eigenvalue weighted by atomic mass is 32.2. The van der Waals surface area contributed by atoms with Gasteiger partial charge >= 0.3 is 0 Å². The zero-order chi connectivity index (χ0) is 19.0. The number of nitrogens with zero attached hydrogens (tertiary/aromatic N) is 2. The molecular formula is C19H18BFN4OS. The molecule has 136 valence electrons. The molecule has 1 amide bonds. The summed E-state index contributed by atoms with van der Waals surface area (Å²) in [5.41, 5.74) is 6.71. The van der Waals surface area contributed by atoms with E-state index in [0.29, 0.717) is 16.4 Å². The lowest BCUT2D eigenvalue weighted by Gasteiger charge is -2.36. The predicted octanol–water partition coefficient (Wildman–Crippen LogP) is 2.32. The Hall–Kier alpha value is -2.35. The van der Waals surface area contributed by atoms with Crippen molar-refractivity contribution in [3.63, 3.8) is 0 Å². The number of rotatable bonds is 3. The summed E-state index contributed by atoms with van der Waals surface area (Å²) in [7, 11) is 5.81. The lowest BCUT2D eigenvalue weighted by Crippen LogP contribution is -2.37. The van der Waals surface area contributed by atoms with Gasteiger partial charge in [0, 0.05) is 23.2 Å². The molecule has 2 atom stereocenters. The second-order valence-corrected chi connectivity index (χ2v) is 7.90. The van der Waals surface area contributed by atoms with Gasteiger partial charge in [-0.3, -0.25) is 14.8 Å². The van der Waals surface area contributed by atoms with E-state index in [-0.39, 0.29) is 22.9 Å². The number of hydrogen-bond donors (Lipinski definition) is 2. The number of benzene rings is 1. The van der Waals surface area contributed by atoms with Crippen molar-refractivity contribution in [2.45, 2.75) is 24.8 Å². The number of fused-ring (bicyclic) bond motifs is 1. The largest absolute Gasteiger partial charge is 0.379 e. The molecule has 3 N–H and O–H groups in total. The number of thioether (sulfide) groups is 1. The van der Waals surface area contributed by atoms with Gasteiger partial charge in [-0.2, -0.15) is 0 Å². The normalized spacial score (nSPS) is 24.2. The molecule has 4 rings (SSSR count). The van der Waals surface area contributed by atoms with Crippen molar-refractivity contribution in [3.05, 3.63) is 53.6 Å². The van der Waals surface area contributed by atoms with Crippen LogP contribution >= 0.6 is 11.8 Å². The number of aliphatic imine (C=N–C) groups is 1. The van der Waals surface area contributed by atoms with Gasteiger partial charge in [-0.25, -0.2) is 4.39 Å². The van der Waals surface area contributed by atoms with Crippen LogP contribution in [0, 0.1) is 11.7 Å². The summed E-state index contributed by atoms with van der Waals surface area (Å²) < 4.78 is 14.8. The molecule has 0 saturated heterocycles. The molecule has 2 heterocycles. The summed E-state index contributed by atoms with van der Waals surface area (Å²) >= 11 is 1.52. The van der Waals surface area contributed by atoms with Crippen LogP contribution in [0.25, 0.3) is 0 Å². The molecule has 0 unspecified atom stereocenters. The van der Waals surface area contributed by atoms with Gasteiger partial charge in [0.05, 0.1) is 5.54 Å². The van der Waals surface area contributed by atoms with Crippen molar-refractivity contribution in [2.75, 3.05) is 11.1 Å². The second-order valence-electron chi connectivity index (χ2n) is 6.86. The number of hydrogen-bond acceptors (Lipinski definition) is 5. The number of nitrogens with two attached hydrogens (primary N) is 1. The van der Waals surface area contributed by atoms with Crippen molar-refractivity contribution in [2.24, 2.45) is 16.6 Å². The van der Waals surface area contributed by atoms with Crippen molar-refractivity contribution in [1.29, 1.82) is 0 Å². The first-order chi connectivity index (χ1) is 13.0. The minimum atomic E-state index is -0.649. The molecule has 5 nitrogen and oxygen atoms in total. The van der Waals surface area contributed by atoms with E-state index in [1.165, 1.54) is 30.1 Å². The van der Waals surface area contributed by atoms with Gasteiger partial charge in [0.15, 0.2) is 5.17 Å². The van der Waals surface area contributed by atoms with E-state index in [1.54, 1.807) is 18.2 Å². The lowest BCUT2D eigenvalue weighted by molar-refractivity contribution is 0.102. The van der Waals surface area contributed by atoms with Crippen molar-refractivity contribution >= 4 is 41.8 Å². The first-order valence-electron chi connectivity index (χ1n) is 8.79. The minimum absolute atomic E-state index is 0.136. The van der Waals surface area contributed by atoms with Crippen LogP contribution in [0.5, 0.6) is 0 Å². The molecular weight excluding hydrogens is 362 g/mol. The predicted molar refractivity (Wildman–Crippen MR) is 107 cm³/mol. The van der Waals surface area contributed by atoms with Crippen LogP contribution in [0.1, 0.15) is 35.3 Å². The van der Waals surface area contributed by atoms with E-state index in [4.69, 9.17) is 13.6 Å². The minimum Gasteiger partial charge on any atom is -0.379 e. The summed E-state index contributed by atoms with van der Waals surface area (Å²) in [4.78, 5) is 21.2. The van der Waals surface area contributed by atoms with E-state index in [9.17, 15) is 9.18 Å². The molecule has 1 aliphatic carbocycles. The maximum absolute atomic E-state index is 14.8. The fourth-order valence-corrected chi connectivity index (χ4v) is 5.03. The number of aromatic nitrogens is 1. The number of carbonyl (C=O) groups excluding carboxylic acids is 1. The first kappa shape index (κ1) is 18.0. The summed E-state index contributed by atoms with van der Waals surface area (Å²) in [5.74, 6) is 0.297. The number of amides is 1. The quantitative estimate of drug-likeness (QED) is 0.801. The van der Waals surface area contributed by atoms with Crippen LogP contribution in [0.15, 0.2) is 41.5 Å². The average molecular weight is 380 g/mol. The number of pyridine rings is 1. The van der Waals surface area contributed by atoms with Crippen LogP contribution in [0.3, 0.4) is 0 Å². The topological polar surface area (TPSA) is 80.4 Å². The maximum atomic E-state index is 14.8. The third kappa shape index (κ3) is 3.22. The molecule has 27 heavy (non-hydrogen) atoms. The smallest absolute Gasteiger partial charge is 0.273 e. The van der Waals surface area contributed by atoms with Crippen LogP contribution in [-0.2, 0) is 5.54 Å². The molecule has 0 spiro atoms. The molecule has 1 saturated carbocycles. The summed E-state index contributed by atoms with van der Waals surface area (Å²) in [5, 5.41) is 3.25. The van der Waals surface area contributed by atoms with E-state index in [1.807, 2.05) is 0 Å². The van der Waals surface area contributed by atoms with Gasteiger partial charge in [-0.1, -0.05) is 29.7 Å². The van der Waals surface area contributed by atoms with Crippen LogP contribution in [0.2, 0.25) is 0 Å². The van der Waals surface area contributed by atoms with Crippen molar-refractivity contribution in [1.82, 2.24) is 4.98 Å². The summed E-state index contributed by atoms with van der Waals surface area (Å²) in [6.07, 6.45) is 4.22. The number of carbonyl (C=O) groups is 1. The van der Waals surface area contributed by atoms with E-state index >= 15 is 0 Å². The Morgan fingerprint density at radius 1 is 1.41 bits per heavy atom. The Bertz CT molecular complexity index is 938. The van der Waals surface area contributed by atoms with Crippen LogP contribution < -0.4 is 16.5 Å². The van der Waals surface area contributed by atoms with Crippen LogP contribution in [-0.4, -0.2) is 29.7 Å². The highest BCUT2D eigenvalue weighted by molar-refractivity contribution is 8.13. The molecule has 2 radical (unpaired) electrons. The third-order valence-electron chi connectivity index (χ3n) is 5.27. The van der Waals surface area contributed by atoms with Crippen LogP contribution in [0.4, 0.5) is 10.1 Å². The highest BCUT2D eigenvalue weighted by Gasteiger charge is 2.48. The molecule has 2 aromatic rings. The van der Waals surface area contributed by atoms with E-state index in [2.05, 4.69) is 15.3 Å². The SMILES string of the molecule is [B]c1cccnc1C(=O)Nc1ccc(F)c([C@]23CCC[C@H]2CSC(N)=N3)c1. The molecule has 8 heteroatoms. The Balaban J connectivity index is 1.69. The maximum Gasteiger partial charge on any atom is 0.273 e. The third-order valence-corrected chi connectivity index (χ3v) is 6.23. The van der Waals surface area contributed by atoms with Gasteiger partial charge < -0.3 is 11.1 Å². The zero-order valence-electron chi connectivity index (χ0n) is 14.6. The Labute approximate surface area is 162 Å². The highest BCUT2D eigenvalue weighted by Crippen LogP contribution is 2.51. The fourth-order valence-electron chi connectivity index (χ4n) is 3.99. The first-order valence-corrected chi connectivity index (χ1v) is 9.78. The van der Waals surface area contributed by atoms with Crippen molar-refractivity contribution < 1.29 is 9.18 Å². The van der Waals surface area contributed by atoms with Gasteiger partial charge in [0.1, 0.15) is 19.4 Å². The van der Waals surface area contributed by atoms with Crippen molar-refractivity contribution in [3.8, 4) is 0 Å². The lowest BCUT2D eigenvalue weighted by atomic mass is 9.81. The Morgan fingerprint density at radius 2 is 2.26 bits per heavy atom. The molecule has 2 aliphatic rings. The number of anilines is 1. The molecule has 0 bridgehead atoms. The molecule has 1 aliphatic heterocycles. The van der Waals surface area contributed by atoms with E-state index < -0.39 is 11.4 Å². The molecule has 1 aromatic carbocycles. The number of nitrogens with one attached hydrogen (secondary N) is 1. The Kier molecular flexibility index (Phi) is 4.67. The average Bonchev–Trinajstić information content (AvgIpc) is 3.07. The Morgan fingerprint density at radius 3 is 3.07 bits per heavy atom. The monoisotopic (exact) mass is 380 g/mol. The fraction of sp³-hybridized carbons (Fsp3) is 0.316. The van der Waals surface area contributed by atoms with Gasteiger partial charge in [-0.15, -0.1) is 0 Å². The number of halogens is 1. The standard InChI is InChI=1S/C19H18BFN4OS/c20-14-4-2-8-23-16(14)17(26)24-12-5-6-15(21)13(9-12)19-7-1-3-11(19)10-27-18(22)25-19/h2,4-6,8-9,11H,1,3,7,10H2,(H2,22,25)(H,24,26)/t11-,19-/m0/s1. The number of amidine groups is 1. The molecule has 1 fully saturated rings. The van der Waals surface area contributed by atoms with Gasteiger partial charge in [0.2, 0.25) is 0 Å². The molecule has 1 aromatic heterocycles.